The average molecular weight is 267 g/mol. The van der Waals surface area contributed by atoms with E-state index in [2.05, 4.69) is 5.32 Å². The molecule has 0 heterocycles. The summed E-state index contributed by atoms with van der Waals surface area (Å²) in [5.41, 5.74) is 1.41. The molecule has 2 N–H and O–H groups in total. The standard InChI is InChI=1S/C13H17NO5/c1-8-6-10(19-7-12(15)16)4-5-11(8)14-13(17)9(2)18-3/h4-6,9H,7H2,1-3H3,(H,14,17)(H,15,16)/t9-/m0/s1. The van der Waals surface area contributed by atoms with E-state index < -0.39 is 18.7 Å². The van der Waals surface area contributed by atoms with Gasteiger partial charge in [-0.25, -0.2) is 4.79 Å². The predicted octanol–water partition coefficient (Wildman–Crippen LogP) is 1.43. The number of rotatable bonds is 6. The number of aryl methyl sites for hydroxylation is 1. The number of amides is 1. The fraction of sp³-hybridized carbons (Fsp3) is 0.385. The number of hydrogen-bond donors (Lipinski definition) is 2. The van der Waals surface area contributed by atoms with Gasteiger partial charge >= 0.3 is 5.97 Å². The van der Waals surface area contributed by atoms with Crippen molar-refractivity contribution in [2.24, 2.45) is 0 Å². The molecule has 0 bridgehead atoms. The number of nitrogens with one attached hydrogen (secondary N) is 1. The molecule has 6 nitrogen and oxygen atoms in total. The highest BCUT2D eigenvalue weighted by Gasteiger charge is 2.13. The molecule has 1 atom stereocenters. The lowest BCUT2D eigenvalue weighted by atomic mass is 10.2. The average Bonchev–Trinajstić information content (AvgIpc) is 2.38. The molecule has 0 aromatic heterocycles. The second-order valence-electron chi connectivity index (χ2n) is 4.03. The lowest BCUT2D eigenvalue weighted by molar-refractivity contribution is -0.139. The minimum absolute atomic E-state index is 0.246. The molecule has 19 heavy (non-hydrogen) atoms. The number of methoxy groups -OCH3 is 1. The molecule has 0 fully saturated rings. The zero-order valence-corrected chi connectivity index (χ0v) is 11.1. The van der Waals surface area contributed by atoms with Crippen molar-refractivity contribution in [3.8, 4) is 5.75 Å². The lowest BCUT2D eigenvalue weighted by Crippen LogP contribution is -2.26. The molecule has 1 amide bonds. The van der Waals surface area contributed by atoms with E-state index in [1.165, 1.54) is 7.11 Å². The number of benzene rings is 1. The largest absolute Gasteiger partial charge is 0.482 e. The minimum Gasteiger partial charge on any atom is -0.482 e. The molecule has 0 spiro atoms. The summed E-state index contributed by atoms with van der Waals surface area (Å²) in [5.74, 6) is -0.841. The van der Waals surface area contributed by atoms with Crippen LogP contribution >= 0.6 is 0 Å². The van der Waals surface area contributed by atoms with Crippen molar-refractivity contribution in [3.63, 3.8) is 0 Å². The number of carbonyl (C=O) groups is 2. The maximum Gasteiger partial charge on any atom is 0.341 e. The third-order valence-electron chi connectivity index (χ3n) is 2.54. The molecule has 0 radical (unpaired) electrons. The van der Waals surface area contributed by atoms with Gasteiger partial charge < -0.3 is 19.9 Å². The van der Waals surface area contributed by atoms with E-state index in [-0.39, 0.29) is 5.91 Å². The molecule has 6 heteroatoms. The van der Waals surface area contributed by atoms with Gasteiger partial charge in [-0.1, -0.05) is 0 Å². The molecular weight excluding hydrogens is 250 g/mol. The van der Waals surface area contributed by atoms with Crippen LogP contribution in [0.1, 0.15) is 12.5 Å². The van der Waals surface area contributed by atoms with Gasteiger partial charge in [0.1, 0.15) is 11.9 Å². The van der Waals surface area contributed by atoms with Gasteiger partial charge in [-0.3, -0.25) is 4.79 Å². The molecule has 1 aromatic carbocycles. The molecular formula is C13H17NO5. The molecule has 1 rings (SSSR count). The predicted molar refractivity (Wildman–Crippen MR) is 69.4 cm³/mol. The summed E-state index contributed by atoms with van der Waals surface area (Å²) in [6.45, 7) is 3.04. The zero-order valence-electron chi connectivity index (χ0n) is 11.1. The summed E-state index contributed by atoms with van der Waals surface area (Å²) in [7, 11) is 1.46. The summed E-state index contributed by atoms with van der Waals surface area (Å²) < 4.78 is 9.95. The Labute approximate surface area is 111 Å². The Hall–Kier alpha value is -2.08. The summed E-state index contributed by atoms with van der Waals surface area (Å²) >= 11 is 0. The van der Waals surface area contributed by atoms with Crippen LogP contribution in [0.4, 0.5) is 5.69 Å². The zero-order chi connectivity index (χ0) is 14.4. The lowest BCUT2D eigenvalue weighted by Gasteiger charge is -2.13. The van der Waals surface area contributed by atoms with Gasteiger partial charge in [0.2, 0.25) is 0 Å². The summed E-state index contributed by atoms with van der Waals surface area (Å²) in [6.07, 6.45) is -0.540. The number of hydrogen-bond acceptors (Lipinski definition) is 4. The van der Waals surface area contributed by atoms with Gasteiger partial charge in [-0.05, 0) is 37.6 Å². The quantitative estimate of drug-likeness (QED) is 0.814. The fourth-order valence-corrected chi connectivity index (χ4v) is 1.35. The van der Waals surface area contributed by atoms with Crippen molar-refractivity contribution in [2.75, 3.05) is 19.0 Å². The number of carbonyl (C=O) groups excluding carboxylic acids is 1. The SMILES string of the molecule is CO[C@@H](C)C(=O)Nc1ccc(OCC(=O)O)cc1C. The Morgan fingerprint density at radius 3 is 2.63 bits per heavy atom. The summed E-state index contributed by atoms with van der Waals surface area (Å²) in [5, 5.41) is 11.2. The van der Waals surface area contributed by atoms with Gasteiger partial charge in [0.05, 0.1) is 0 Å². The maximum atomic E-state index is 11.7. The van der Waals surface area contributed by atoms with Crippen molar-refractivity contribution in [2.45, 2.75) is 20.0 Å². The highest BCUT2D eigenvalue weighted by atomic mass is 16.5. The Kier molecular flexibility index (Phi) is 5.32. The Balaban J connectivity index is 2.72. The highest BCUT2D eigenvalue weighted by Crippen LogP contribution is 2.21. The number of carboxylic acid groups (broad SMARTS) is 1. The second kappa shape index (κ2) is 6.75. The van der Waals surface area contributed by atoms with Crippen LogP contribution in [0.2, 0.25) is 0 Å². The summed E-state index contributed by atoms with van der Waals surface area (Å²) in [6, 6.07) is 4.92. The Morgan fingerprint density at radius 1 is 1.42 bits per heavy atom. The van der Waals surface area contributed by atoms with Crippen molar-refractivity contribution >= 4 is 17.6 Å². The molecule has 0 aliphatic heterocycles. The van der Waals surface area contributed by atoms with Crippen LogP contribution in [0, 0.1) is 6.92 Å². The third kappa shape index (κ3) is 4.59. The molecule has 1 aromatic rings. The van der Waals surface area contributed by atoms with Gasteiger partial charge in [-0.15, -0.1) is 0 Å². The first-order chi connectivity index (χ1) is 8.93. The van der Waals surface area contributed by atoms with Crippen LogP contribution < -0.4 is 10.1 Å². The molecule has 0 unspecified atom stereocenters. The van der Waals surface area contributed by atoms with E-state index in [1.807, 2.05) is 0 Å². The summed E-state index contributed by atoms with van der Waals surface area (Å²) in [4.78, 5) is 22.0. The van der Waals surface area contributed by atoms with Crippen LogP contribution in [0.5, 0.6) is 5.75 Å². The van der Waals surface area contributed by atoms with Gasteiger partial charge in [0.25, 0.3) is 5.91 Å². The van der Waals surface area contributed by atoms with Crippen molar-refractivity contribution in [1.29, 1.82) is 0 Å². The first-order valence-electron chi connectivity index (χ1n) is 5.73. The number of ether oxygens (including phenoxy) is 2. The van der Waals surface area contributed by atoms with Gasteiger partial charge in [0, 0.05) is 12.8 Å². The van der Waals surface area contributed by atoms with Crippen LogP contribution in [0.25, 0.3) is 0 Å². The van der Waals surface area contributed by atoms with Crippen LogP contribution in [0.15, 0.2) is 18.2 Å². The molecule has 104 valence electrons. The highest BCUT2D eigenvalue weighted by molar-refractivity contribution is 5.94. The third-order valence-corrected chi connectivity index (χ3v) is 2.54. The molecule has 0 aliphatic rings. The van der Waals surface area contributed by atoms with Crippen molar-refractivity contribution in [1.82, 2.24) is 0 Å². The minimum atomic E-state index is -1.04. The van der Waals surface area contributed by atoms with Crippen molar-refractivity contribution in [3.05, 3.63) is 23.8 Å². The first-order valence-corrected chi connectivity index (χ1v) is 5.73. The normalized spacial score (nSPS) is 11.7. The van der Waals surface area contributed by atoms with Gasteiger partial charge in [-0.2, -0.15) is 0 Å². The van der Waals surface area contributed by atoms with Crippen LogP contribution in [-0.2, 0) is 14.3 Å². The van der Waals surface area contributed by atoms with Gasteiger partial charge in [0.15, 0.2) is 6.61 Å². The van der Waals surface area contributed by atoms with E-state index in [1.54, 1.807) is 32.0 Å². The Morgan fingerprint density at radius 2 is 2.11 bits per heavy atom. The van der Waals surface area contributed by atoms with Crippen LogP contribution in [0.3, 0.4) is 0 Å². The first kappa shape index (κ1) is 15.0. The second-order valence-corrected chi connectivity index (χ2v) is 4.03. The molecule has 0 saturated carbocycles. The number of aliphatic carboxylic acids is 1. The van der Waals surface area contributed by atoms with E-state index in [0.29, 0.717) is 11.4 Å². The topological polar surface area (TPSA) is 84.9 Å². The van der Waals surface area contributed by atoms with E-state index in [0.717, 1.165) is 5.56 Å². The smallest absolute Gasteiger partial charge is 0.341 e. The Bertz CT molecular complexity index is 472. The fourth-order valence-electron chi connectivity index (χ4n) is 1.35. The van der Waals surface area contributed by atoms with E-state index in [9.17, 15) is 9.59 Å². The number of carboxylic acids is 1. The van der Waals surface area contributed by atoms with Crippen molar-refractivity contribution < 1.29 is 24.2 Å². The molecule has 0 aliphatic carbocycles. The van der Waals surface area contributed by atoms with E-state index >= 15 is 0 Å². The number of anilines is 1. The monoisotopic (exact) mass is 267 g/mol. The van der Waals surface area contributed by atoms with Crippen LogP contribution in [-0.4, -0.2) is 36.8 Å². The molecule has 0 saturated heterocycles. The maximum absolute atomic E-state index is 11.7. The van der Waals surface area contributed by atoms with E-state index in [4.69, 9.17) is 14.6 Å².